The summed E-state index contributed by atoms with van der Waals surface area (Å²) in [5, 5.41) is 0. The maximum atomic E-state index is 13.6. The van der Waals surface area contributed by atoms with Crippen molar-refractivity contribution in [3.8, 4) is 0 Å². The standard InChI is InChI=1S/C25H32O3/c1-3-19-17(2)16-25(21(19)13-9-15-23(25)26)24(27)28-22-14-8-7-12-20(22)18-10-5-4-6-11-18/h4-6,10-11,19-22H,2-3,7-9,12-16H2,1H3/t19-,20?,21-,22?,25+/m1/s1. The molecule has 5 atom stereocenters. The predicted octanol–water partition coefficient (Wildman–Crippen LogP) is 5.60. The van der Waals surface area contributed by atoms with E-state index in [-0.39, 0.29) is 35.6 Å². The lowest BCUT2D eigenvalue weighted by molar-refractivity contribution is -0.172. The Hall–Kier alpha value is -1.90. The van der Waals surface area contributed by atoms with Crippen LogP contribution in [0.25, 0.3) is 0 Å². The Morgan fingerprint density at radius 1 is 1.14 bits per heavy atom. The molecule has 0 aliphatic heterocycles. The fourth-order valence-electron chi connectivity index (χ4n) is 6.18. The zero-order valence-electron chi connectivity index (χ0n) is 17.0. The van der Waals surface area contributed by atoms with Gasteiger partial charge in [-0.15, -0.1) is 0 Å². The third-order valence-corrected chi connectivity index (χ3v) is 7.56. The van der Waals surface area contributed by atoms with Crippen molar-refractivity contribution in [1.82, 2.24) is 0 Å². The van der Waals surface area contributed by atoms with Crippen LogP contribution >= 0.6 is 0 Å². The van der Waals surface area contributed by atoms with E-state index in [9.17, 15) is 9.59 Å². The minimum Gasteiger partial charge on any atom is -0.461 e. The minimum atomic E-state index is -0.964. The number of carbonyl (C=O) groups is 2. The minimum absolute atomic E-state index is 0.0810. The van der Waals surface area contributed by atoms with Crippen molar-refractivity contribution in [2.24, 2.45) is 17.3 Å². The van der Waals surface area contributed by atoms with E-state index >= 15 is 0 Å². The molecule has 4 rings (SSSR count). The third-order valence-electron chi connectivity index (χ3n) is 7.56. The van der Waals surface area contributed by atoms with Crippen LogP contribution in [0, 0.1) is 17.3 Å². The van der Waals surface area contributed by atoms with E-state index in [2.05, 4.69) is 37.8 Å². The van der Waals surface area contributed by atoms with E-state index in [0.29, 0.717) is 12.8 Å². The van der Waals surface area contributed by atoms with Gasteiger partial charge in [-0.25, -0.2) is 0 Å². The Balaban J connectivity index is 1.60. The van der Waals surface area contributed by atoms with Crippen molar-refractivity contribution in [2.45, 2.75) is 76.7 Å². The van der Waals surface area contributed by atoms with Crippen LogP contribution < -0.4 is 0 Å². The molecule has 1 aromatic carbocycles. The summed E-state index contributed by atoms with van der Waals surface area (Å²) in [6.07, 6.45) is 7.81. The quantitative estimate of drug-likeness (QED) is 0.388. The van der Waals surface area contributed by atoms with Gasteiger partial charge in [0, 0.05) is 12.3 Å². The number of hydrogen-bond donors (Lipinski definition) is 0. The maximum Gasteiger partial charge on any atom is 0.320 e. The Labute approximate surface area is 168 Å². The summed E-state index contributed by atoms with van der Waals surface area (Å²) in [4.78, 5) is 26.7. The first kappa shape index (κ1) is 19.4. The topological polar surface area (TPSA) is 43.4 Å². The molecule has 3 heteroatoms. The van der Waals surface area contributed by atoms with Crippen molar-refractivity contribution in [1.29, 1.82) is 0 Å². The number of esters is 1. The number of benzene rings is 1. The summed E-state index contributed by atoms with van der Waals surface area (Å²) in [5.74, 6) is 0.426. The molecule has 150 valence electrons. The van der Waals surface area contributed by atoms with Crippen LogP contribution in [-0.4, -0.2) is 17.9 Å². The molecule has 0 aromatic heterocycles. The van der Waals surface area contributed by atoms with Crippen molar-refractivity contribution >= 4 is 11.8 Å². The number of ether oxygens (including phenoxy) is 1. The van der Waals surface area contributed by atoms with Crippen LogP contribution in [0.3, 0.4) is 0 Å². The average Bonchev–Trinajstić information content (AvgIpc) is 3.02. The van der Waals surface area contributed by atoms with Crippen molar-refractivity contribution in [2.75, 3.05) is 0 Å². The smallest absolute Gasteiger partial charge is 0.320 e. The van der Waals surface area contributed by atoms with E-state index in [1.807, 2.05) is 6.07 Å². The van der Waals surface area contributed by atoms with Crippen LogP contribution in [0.5, 0.6) is 0 Å². The molecule has 2 unspecified atom stereocenters. The van der Waals surface area contributed by atoms with Gasteiger partial charge in [0.25, 0.3) is 0 Å². The van der Waals surface area contributed by atoms with Crippen LogP contribution in [0.1, 0.15) is 76.2 Å². The fourth-order valence-corrected chi connectivity index (χ4v) is 6.18. The molecule has 0 bridgehead atoms. The highest BCUT2D eigenvalue weighted by Gasteiger charge is 2.61. The van der Waals surface area contributed by atoms with Crippen LogP contribution in [0.15, 0.2) is 42.5 Å². The number of carbonyl (C=O) groups excluding carboxylic acids is 2. The van der Waals surface area contributed by atoms with Gasteiger partial charge in [0.2, 0.25) is 0 Å². The number of Topliss-reactive ketones (excluding diaryl/α,β-unsaturated/α-hetero) is 1. The van der Waals surface area contributed by atoms with E-state index in [4.69, 9.17) is 4.74 Å². The van der Waals surface area contributed by atoms with Crippen molar-refractivity contribution < 1.29 is 14.3 Å². The van der Waals surface area contributed by atoms with Crippen LogP contribution in [-0.2, 0) is 14.3 Å². The maximum absolute atomic E-state index is 13.6. The molecule has 0 N–H and O–H groups in total. The van der Waals surface area contributed by atoms with Gasteiger partial charge in [-0.05, 0) is 62.3 Å². The van der Waals surface area contributed by atoms with Gasteiger partial charge in [0.1, 0.15) is 11.5 Å². The van der Waals surface area contributed by atoms with Gasteiger partial charge in [0.05, 0.1) is 0 Å². The molecule has 1 aromatic rings. The van der Waals surface area contributed by atoms with Gasteiger partial charge in [-0.1, -0.05) is 55.8 Å². The highest BCUT2D eigenvalue weighted by molar-refractivity contribution is 6.05. The van der Waals surface area contributed by atoms with Crippen LogP contribution in [0.2, 0.25) is 0 Å². The Kier molecular flexibility index (Phi) is 5.44. The number of rotatable bonds is 4. The van der Waals surface area contributed by atoms with E-state index in [0.717, 1.165) is 50.5 Å². The zero-order valence-corrected chi connectivity index (χ0v) is 17.0. The summed E-state index contributed by atoms with van der Waals surface area (Å²) < 4.78 is 6.21. The number of ketones is 1. The van der Waals surface area contributed by atoms with E-state index < -0.39 is 5.41 Å². The molecule has 0 saturated heterocycles. The number of fused-ring (bicyclic) bond motifs is 1. The predicted molar refractivity (Wildman–Crippen MR) is 110 cm³/mol. The molecular weight excluding hydrogens is 348 g/mol. The molecule has 3 aliphatic carbocycles. The molecule has 0 heterocycles. The first-order chi connectivity index (χ1) is 13.6. The van der Waals surface area contributed by atoms with E-state index in [1.165, 1.54) is 5.56 Å². The molecule has 0 spiro atoms. The van der Waals surface area contributed by atoms with Crippen molar-refractivity contribution in [3.63, 3.8) is 0 Å². The normalized spacial score (nSPS) is 35.5. The second-order valence-electron chi connectivity index (χ2n) is 8.99. The molecule has 3 aliphatic rings. The lowest BCUT2D eigenvalue weighted by atomic mass is 9.65. The molecule has 28 heavy (non-hydrogen) atoms. The highest BCUT2D eigenvalue weighted by atomic mass is 16.5. The molecule has 0 amide bonds. The monoisotopic (exact) mass is 380 g/mol. The summed E-state index contributed by atoms with van der Waals surface area (Å²) in [6.45, 7) is 6.38. The summed E-state index contributed by atoms with van der Waals surface area (Å²) in [7, 11) is 0. The average molecular weight is 381 g/mol. The third kappa shape index (κ3) is 3.13. The largest absolute Gasteiger partial charge is 0.461 e. The second kappa shape index (κ2) is 7.85. The molecule has 3 nitrogen and oxygen atoms in total. The summed E-state index contributed by atoms with van der Waals surface area (Å²) in [6, 6.07) is 10.4. The summed E-state index contributed by atoms with van der Waals surface area (Å²) >= 11 is 0. The first-order valence-corrected chi connectivity index (χ1v) is 11.0. The molecular formula is C25H32O3. The molecule has 3 saturated carbocycles. The first-order valence-electron chi connectivity index (χ1n) is 11.0. The van der Waals surface area contributed by atoms with Gasteiger partial charge >= 0.3 is 5.97 Å². The number of hydrogen-bond acceptors (Lipinski definition) is 3. The van der Waals surface area contributed by atoms with Crippen LogP contribution in [0.4, 0.5) is 0 Å². The lowest BCUT2D eigenvalue weighted by Gasteiger charge is -2.40. The SMILES string of the molecule is C=C1C[C@@]2(C(=O)OC3CCCCC3c3ccccc3)C(=O)CCC[C@@H]2[C@@H]1CC. The second-order valence-corrected chi connectivity index (χ2v) is 8.99. The zero-order chi connectivity index (χ0) is 19.7. The van der Waals surface area contributed by atoms with Gasteiger partial charge in [-0.2, -0.15) is 0 Å². The lowest BCUT2D eigenvalue weighted by Crippen LogP contribution is -2.49. The van der Waals surface area contributed by atoms with Gasteiger partial charge in [0.15, 0.2) is 5.78 Å². The Morgan fingerprint density at radius 2 is 1.89 bits per heavy atom. The van der Waals surface area contributed by atoms with Gasteiger partial charge in [-0.3, -0.25) is 9.59 Å². The summed E-state index contributed by atoms with van der Waals surface area (Å²) in [5.41, 5.74) is 1.35. The molecule has 0 radical (unpaired) electrons. The molecule has 3 fully saturated rings. The Bertz CT molecular complexity index is 752. The van der Waals surface area contributed by atoms with Gasteiger partial charge < -0.3 is 4.74 Å². The van der Waals surface area contributed by atoms with Crippen molar-refractivity contribution in [3.05, 3.63) is 48.0 Å². The highest BCUT2D eigenvalue weighted by Crippen LogP contribution is 2.57. The van der Waals surface area contributed by atoms with E-state index in [1.54, 1.807) is 0 Å². The fraction of sp³-hybridized carbons (Fsp3) is 0.600. The Morgan fingerprint density at radius 3 is 2.64 bits per heavy atom. The number of allylic oxidation sites excluding steroid dienone is 1.